The monoisotopic (exact) mass is 242 g/mol. The maximum absolute atomic E-state index is 11.5. The predicted molar refractivity (Wildman–Crippen MR) is 60.8 cm³/mol. The van der Waals surface area contributed by atoms with Gasteiger partial charge < -0.3 is 21.7 Å². The van der Waals surface area contributed by atoms with E-state index in [2.05, 4.69) is 16.0 Å². The number of hydrogen-bond donors (Lipinski definition) is 4. The van der Waals surface area contributed by atoms with Crippen molar-refractivity contribution in [3.63, 3.8) is 0 Å². The van der Waals surface area contributed by atoms with Gasteiger partial charge in [0.25, 0.3) is 0 Å². The summed E-state index contributed by atoms with van der Waals surface area (Å²) in [7, 11) is 0. The molecule has 0 spiro atoms. The summed E-state index contributed by atoms with van der Waals surface area (Å²) >= 11 is 0. The third kappa shape index (κ3) is 4.81. The summed E-state index contributed by atoms with van der Waals surface area (Å²) in [6.07, 6.45) is 1.95. The third-order valence-electron chi connectivity index (χ3n) is 2.30. The molecule has 1 aliphatic carbocycles. The van der Waals surface area contributed by atoms with Crippen molar-refractivity contribution in [1.82, 2.24) is 16.0 Å². The molecule has 0 heterocycles. The Bertz CT molecular complexity index is 315. The summed E-state index contributed by atoms with van der Waals surface area (Å²) in [5, 5.41) is 7.38. The van der Waals surface area contributed by atoms with Gasteiger partial charge in [0.15, 0.2) is 0 Å². The van der Waals surface area contributed by atoms with Crippen LogP contribution in [0, 0.1) is 0 Å². The highest BCUT2D eigenvalue weighted by atomic mass is 16.2. The summed E-state index contributed by atoms with van der Waals surface area (Å²) in [4.78, 5) is 34.0. The van der Waals surface area contributed by atoms with Gasteiger partial charge in [-0.2, -0.15) is 0 Å². The van der Waals surface area contributed by atoms with E-state index in [1.54, 1.807) is 0 Å². The first-order valence-corrected chi connectivity index (χ1v) is 5.63. The topological polar surface area (TPSA) is 113 Å². The van der Waals surface area contributed by atoms with E-state index in [1.165, 1.54) is 6.92 Å². The Balaban J connectivity index is 2.28. The second-order valence-electron chi connectivity index (χ2n) is 4.02. The number of hydrogen-bond acceptors (Lipinski definition) is 4. The maximum atomic E-state index is 11.5. The zero-order chi connectivity index (χ0) is 12.8. The highest BCUT2D eigenvalue weighted by molar-refractivity contribution is 6.35. The molecule has 0 saturated heterocycles. The van der Waals surface area contributed by atoms with E-state index in [0.717, 1.165) is 12.8 Å². The largest absolute Gasteiger partial charge is 0.352 e. The minimum Gasteiger partial charge on any atom is -0.352 e. The zero-order valence-electron chi connectivity index (χ0n) is 9.79. The molecule has 1 atom stereocenters. The highest BCUT2D eigenvalue weighted by Gasteiger charge is 2.27. The van der Waals surface area contributed by atoms with Crippen LogP contribution in [0.4, 0.5) is 0 Å². The fourth-order valence-corrected chi connectivity index (χ4v) is 1.15. The molecule has 17 heavy (non-hydrogen) atoms. The molecule has 1 fully saturated rings. The first-order chi connectivity index (χ1) is 8.04. The van der Waals surface area contributed by atoms with E-state index in [-0.39, 0.29) is 25.0 Å². The molecule has 0 aromatic carbocycles. The van der Waals surface area contributed by atoms with Crippen molar-refractivity contribution < 1.29 is 14.4 Å². The Labute approximate surface area is 99.5 Å². The van der Waals surface area contributed by atoms with E-state index in [0.29, 0.717) is 0 Å². The van der Waals surface area contributed by atoms with Gasteiger partial charge in [-0.3, -0.25) is 14.4 Å². The minimum absolute atomic E-state index is 0.230. The molecule has 7 heteroatoms. The first kappa shape index (κ1) is 13.4. The number of rotatable bonds is 5. The van der Waals surface area contributed by atoms with Crippen molar-refractivity contribution in [3.8, 4) is 0 Å². The minimum atomic E-state index is -0.822. The van der Waals surface area contributed by atoms with Gasteiger partial charge in [-0.05, 0) is 19.8 Å². The number of carbonyl (C=O) groups excluding carboxylic acids is 3. The number of nitrogens with one attached hydrogen (secondary N) is 3. The van der Waals surface area contributed by atoms with Crippen LogP contribution in [0.1, 0.15) is 19.8 Å². The van der Waals surface area contributed by atoms with Gasteiger partial charge in [-0.25, -0.2) is 0 Å². The second-order valence-corrected chi connectivity index (χ2v) is 4.02. The van der Waals surface area contributed by atoms with Crippen LogP contribution in [0.25, 0.3) is 0 Å². The Morgan fingerprint density at radius 2 is 1.94 bits per heavy atom. The Kier molecular flexibility index (Phi) is 4.89. The van der Waals surface area contributed by atoms with Gasteiger partial charge in [0.05, 0.1) is 0 Å². The second kappa shape index (κ2) is 6.19. The summed E-state index contributed by atoms with van der Waals surface area (Å²) in [5.41, 5.74) is 5.18. The van der Waals surface area contributed by atoms with E-state index < -0.39 is 17.9 Å². The predicted octanol–water partition coefficient (Wildman–Crippen LogP) is -2.16. The third-order valence-corrected chi connectivity index (χ3v) is 2.30. The highest BCUT2D eigenvalue weighted by Crippen LogP contribution is 2.18. The van der Waals surface area contributed by atoms with Crippen LogP contribution < -0.4 is 21.7 Å². The number of amides is 3. The van der Waals surface area contributed by atoms with E-state index in [4.69, 9.17) is 5.73 Å². The smallest absolute Gasteiger partial charge is 0.309 e. The molecule has 96 valence electrons. The first-order valence-electron chi connectivity index (χ1n) is 5.63. The van der Waals surface area contributed by atoms with E-state index in [1.807, 2.05) is 0 Å². The van der Waals surface area contributed by atoms with Crippen molar-refractivity contribution in [2.24, 2.45) is 5.73 Å². The lowest BCUT2D eigenvalue weighted by molar-refractivity contribution is -0.140. The summed E-state index contributed by atoms with van der Waals surface area (Å²) in [6, 6.07) is -0.486. The normalized spacial score (nSPS) is 15.9. The van der Waals surface area contributed by atoms with Crippen LogP contribution in [-0.2, 0) is 14.4 Å². The van der Waals surface area contributed by atoms with Crippen molar-refractivity contribution in [3.05, 3.63) is 0 Å². The Morgan fingerprint density at radius 1 is 1.29 bits per heavy atom. The Hall–Kier alpha value is -1.63. The molecule has 0 aromatic rings. The van der Waals surface area contributed by atoms with Gasteiger partial charge in [0.1, 0.15) is 6.04 Å². The molecule has 1 aliphatic rings. The average molecular weight is 242 g/mol. The van der Waals surface area contributed by atoms with Crippen molar-refractivity contribution in [1.29, 1.82) is 0 Å². The van der Waals surface area contributed by atoms with Gasteiger partial charge in [-0.1, -0.05) is 0 Å². The fraction of sp³-hybridized carbons (Fsp3) is 0.700. The molecular weight excluding hydrogens is 224 g/mol. The quantitative estimate of drug-likeness (QED) is 0.411. The molecular formula is C10H18N4O3. The van der Waals surface area contributed by atoms with Crippen LogP contribution >= 0.6 is 0 Å². The molecule has 0 aliphatic heterocycles. The van der Waals surface area contributed by atoms with Gasteiger partial charge in [0, 0.05) is 19.1 Å². The maximum Gasteiger partial charge on any atom is 0.309 e. The van der Waals surface area contributed by atoms with Crippen molar-refractivity contribution in [2.75, 3.05) is 13.1 Å². The number of carbonyl (C=O) groups is 3. The lowest BCUT2D eigenvalue weighted by Gasteiger charge is -2.13. The number of nitrogens with two attached hydrogens (primary N) is 1. The zero-order valence-corrected chi connectivity index (χ0v) is 9.79. The standard InChI is InChI=1S/C10H18N4O3/c1-6(8(15)14-7-2-3-7)13-10(17)9(16)12-5-4-11/h6-7H,2-5,11H2,1H3,(H,12,16)(H,13,17)(H,14,15). The SMILES string of the molecule is CC(NC(=O)C(=O)NCCN)C(=O)NC1CC1. The van der Waals surface area contributed by atoms with Crippen molar-refractivity contribution >= 4 is 17.7 Å². The van der Waals surface area contributed by atoms with Gasteiger partial charge in [0.2, 0.25) is 5.91 Å². The molecule has 3 amide bonds. The molecule has 1 unspecified atom stereocenters. The van der Waals surface area contributed by atoms with E-state index in [9.17, 15) is 14.4 Å². The van der Waals surface area contributed by atoms with Crippen LogP contribution in [0.2, 0.25) is 0 Å². The van der Waals surface area contributed by atoms with Crippen LogP contribution in [0.3, 0.4) is 0 Å². The summed E-state index contributed by atoms with van der Waals surface area (Å²) in [6.45, 7) is 2.03. The molecule has 0 bridgehead atoms. The molecule has 7 nitrogen and oxygen atoms in total. The van der Waals surface area contributed by atoms with Gasteiger partial charge >= 0.3 is 11.8 Å². The van der Waals surface area contributed by atoms with Crippen LogP contribution in [0.5, 0.6) is 0 Å². The fourth-order valence-electron chi connectivity index (χ4n) is 1.15. The molecule has 0 aromatic heterocycles. The lowest BCUT2D eigenvalue weighted by atomic mass is 10.3. The molecule has 1 rings (SSSR count). The lowest BCUT2D eigenvalue weighted by Crippen LogP contribution is -2.50. The van der Waals surface area contributed by atoms with Crippen LogP contribution in [-0.4, -0.2) is 42.9 Å². The van der Waals surface area contributed by atoms with E-state index >= 15 is 0 Å². The van der Waals surface area contributed by atoms with Crippen molar-refractivity contribution in [2.45, 2.75) is 31.8 Å². The average Bonchev–Trinajstić information content (AvgIpc) is 3.09. The van der Waals surface area contributed by atoms with Gasteiger partial charge in [-0.15, -0.1) is 0 Å². The summed E-state index contributed by atoms with van der Waals surface area (Å²) < 4.78 is 0. The molecule has 0 radical (unpaired) electrons. The summed E-state index contributed by atoms with van der Waals surface area (Å²) in [5.74, 6) is -1.87. The Morgan fingerprint density at radius 3 is 2.47 bits per heavy atom. The molecule has 1 saturated carbocycles. The van der Waals surface area contributed by atoms with Crippen LogP contribution in [0.15, 0.2) is 0 Å². The molecule has 5 N–H and O–H groups in total.